The lowest BCUT2D eigenvalue weighted by Crippen LogP contribution is -2.23. The molecule has 2 N–H and O–H groups in total. The molecule has 5 nitrogen and oxygen atoms in total. The van der Waals surface area contributed by atoms with E-state index in [9.17, 15) is 9.59 Å². The summed E-state index contributed by atoms with van der Waals surface area (Å²) in [7, 11) is 0. The highest BCUT2D eigenvalue weighted by Crippen LogP contribution is 2.26. The minimum Gasteiger partial charge on any atom is -0.347 e. The van der Waals surface area contributed by atoms with Crippen molar-refractivity contribution in [1.82, 2.24) is 10.3 Å². The van der Waals surface area contributed by atoms with Crippen molar-refractivity contribution in [1.29, 1.82) is 0 Å². The predicted octanol–water partition coefficient (Wildman–Crippen LogP) is 4.71. The molecule has 0 atom stereocenters. The van der Waals surface area contributed by atoms with Crippen molar-refractivity contribution in [2.24, 2.45) is 11.8 Å². The fourth-order valence-corrected chi connectivity index (χ4v) is 4.75. The minimum absolute atomic E-state index is 0.0922. The second-order valence-corrected chi connectivity index (χ2v) is 9.06. The van der Waals surface area contributed by atoms with Gasteiger partial charge in [0.25, 0.3) is 5.91 Å². The molecule has 1 aromatic heterocycles. The summed E-state index contributed by atoms with van der Waals surface area (Å²) in [6.07, 6.45) is 5.13. The van der Waals surface area contributed by atoms with Crippen LogP contribution in [0.5, 0.6) is 0 Å². The van der Waals surface area contributed by atoms with Gasteiger partial charge in [-0.1, -0.05) is 38.8 Å². The number of hydrogen-bond donors (Lipinski definition) is 2. The Balaban J connectivity index is 1.57. The molecule has 1 aromatic carbocycles. The van der Waals surface area contributed by atoms with E-state index >= 15 is 0 Å². The van der Waals surface area contributed by atoms with Gasteiger partial charge in [0.15, 0.2) is 0 Å². The first-order chi connectivity index (χ1) is 13.4. The first kappa shape index (κ1) is 20.5. The maximum atomic E-state index is 12.6. The summed E-state index contributed by atoms with van der Waals surface area (Å²) in [6, 6.07) is 7.68. The van der Waals surface area contributed by atoms with Crippen LogP contribution in [-0.2, 0) is 17.8 Å². The lowest BCUT2D eigenvalue weighted by molar-refractivity contribution is -0.119. The molecule has 0 saturated heterocycles. The number of hydrogen-bond acceptors (Lipinski definition) is 4. The number of thiazole rings is 1. The third-order valence-corrected chi connectivity index (χ3v) is 6.18. The monoisotopic (exact) mass is 399 g/mol. The molecule has 1 aliphatic rings. The summed E-state index contributed by atoms with van der Waals surface area (Å²) in [5, 5.41) is 7.00. The van der Waals surface area contributed by atoms with Crippen molar-refractivity contribution in [3.63, 3.8) is 0 Å². The molecule has 0 unspecified atom stereocenters. The Morgan fingerprint density at radius 2 is 2.00 bits per heavy atom. The molecule has 1 fully saturated rings. The number of aryl methyl sites for hydroxylation is 1. The minimum atomic E-state index is -0.0922. The first-order valence-electron chi connectivity index (χ1n) is 10.1. The van der Waals surface area contributed by atoms with E-state index in [0.29, 0.717) is 17.3 Å². The van der Waals surface area contributed by atoms with E-state index in [4.69, 9.17) is 0 Å². The summed E-state index contributed by atoms with van der Waals surface area (Å²) in [6.45, 7) is 6.60. The van der Waals surface area contributed by atoms with Crippen molar-refractivity contribution in [2.45, 2.75) is 59.4 Å². The van der Waals surface area contributed by atoms with Crippen LogP contribution in [0.2, 0.25) is 0 Å². The molecular formula is C22H29N3O2S. The van der Waals surface area contributed by atoms with Crippen LogP contribution < -0.4 is 10.6 Å². The molecular weight excluding hydrogens is 370 g/mol. The van der Waals surface area contributed by atoms with Gasteiger partial charge in [-0.25, -0.2) is 4.98 Å². The summed E-state index contributed by atoms with van der Waals surface area (Å²) in [4.78, 5) is 30.1. The Bertz CT molecular complexity index is 838. The van der Waals surface area contributed by atoms with Crippen LogP contribution in [-0.4, -0.2) is 16.8 Å². The molecule has 0 aliphatic heterocycles. The molecule has 6 heteroatoms. The molecule has 28 heavy (non-hydrogen) atoms. The Morgan fingerprint density at radius 1 is 1.25 bits per heavy atom. The lowest BCUT2D eigenvalue weighted by Gasteiger charge is -2.11. The molecule has 1 aliphatic carbocycles. The van der Waals surface area contributed by atoms with E-state index in [1.54, 1.807) is 0 Å². The average Bonchev–Trinajstić information content (AvgIpc) is 3.29. The van der Waals surface area contributed by atoms with E-state index in [1.165, 1.54) is 11.3 Å². The van der Waals surface area contributed by atoms with Gasteiger partial charge >= 0.3 is 0 Å². The molecule has 0 radical (unpaired) electrons. The van der Waals surface area contributed by atoms with Gasteiger partial charge in [0.2, 0.25) is 5.91 Å². The predicted molar refractivity (Wildman–Crippen MR) is 114 cm³/mol. The number of nitrogens with zero attached hydrogens (tertiary/aromatic N) is 1. The SMILES string of the molecule is Cc1nc(CC(C)C)sc1C(=O)NCc1cccc(NC(=O)C2CCCC2)c1. The van der Waals surface area contributed by atoms with Gasteiger partial charge < -0.3 is 10.6 Å². The summed E-state index contributed by atoms with van der Waals surface area (Å²) in [5.41, 5.74) is 2.54. The van der Waals surface area contributed by atoms with Crippen LogP contribution in [0, 0.1) is 18.8 Å². The van der Waals surface area contributed by atoms with E-state index < -0.39 is 0 Å². The van der Waals surface area contributed by atoms with Crippen molar-refractivity contribution < 1.29 is 9.59 Å². The summed E-state index contributed by atoms with van der Waals surface area (Å²) < 4.78 is 0. The van der Waals surface area contributed by atoms with E-state index in [0.717, 1.165) is 54.1 Å². The van der Waals surface area contributed by atoms with Gasteiger partial charge in [0, 0.05) is 24.6 Å². The van der Waals surface area contributed by atoms with Gasteiger partial charge in [0.05, 0.1) is 10.7 Å². The van der Waals surface area contributed by atoms with E-state index in [-0.39, 0.29) is 17.7 Å². The molecule has 2 aromatic rings. The molecule has 2 amide bonds. The number of amides is 2. The fourth-order valence-electron chi connectivity index (χ4n) is 3.55. The smallest absolute Gasteiger partial charge is 0.263 e. The zero-order valence-electron chi connectivity index (χ0n) is 16.9. The zero-order valence-corrected chi connectivity index (χ0v) is 17.7. The molecule has 3 rings (SSSR count). The second-order valence-electron chi connectivity index (χ2n) is 7.97. The van der Waals surface area contributed by atoms with Gasteiger partial charge in [-0.2, -0.15) is 0 Å². The Hall–Kier alpha value is -2.21. The van der Waals surface area contributed by atoms with Crippen molar-refractivity contribution in [3.8, 4) is 0 Å². The largest absolute Gasteiger partial charge is 0.347 e. The summed E-state index contributed by atoms with van der Waals surface area (Å²) in [5.74, 6) is 0.670. The first-order valence-corrected chi connectivity index (χ1v) is 10.9. The highest BCUT2D eigenvalue weighted by atomic mass is 32.1. The Morgan fingerprint density at radius 3 is 2.71 bits per heavy atom. The normalized spacial score (nSPS) is 14.4. The standard InChI is InChI=1S/C22H29N3O2S/c1-14(2)11-19-24-15(3)20(28-19)22(27)23-13-16-7-6-10-18(12-16)25-21(26)17-8-4-5-9-17/h6-7,10,12,14,17H,4-5,8-9,11,13H2,1-3H3,(H,23,27)(H,25,26). The van der Waals surface area contributed by atoms with Crippen LogP contribution in [0.25, 0.3) is 0 Å². The number of carbonyl (C=O) groups is 2. The van der Waals surface area contributed by atoms with Gasteiger partial charge in [-0.15, -0.1) is 11.3 Å². The lowest BCUT2D eigenvalue weighted by atomic mass is 10.1. The fraction of sp³-hybridized carbons (Fsp3) is 0.500. The van der Waals surface area contributed by atoms with Crippen LogP contribution in [0.4, 0.5) is 5.69 Å². The highest BCUT2D eigenvalue weighted by Gasteiger charge is 2.22. The van der Waals surface area contributed by atoms with Crippen molar-refractivity contribution in [3.05, 3.63) is 45.4 Å². The maximum Gasteiger partial charge on any atom is 0.263 e. The highest BCUT2D eigenvalue weighted by molar-refractivity contribution is 7.13. The van der Waals surface area contributed by atoms with Crippen molar-refractivity contribution >= 4 is 28.8 Å². The number of carbonyl (C=O) groups excluding carboxylic acids is 2. The zero-order chi connectivity index (χ0) is 20.1. The quantitative estimate of drug-likeness (QED) is 0.708. The third-order valence-electron chi connectivity index (χ3n) is 5.00. The van der Waals surface area contributed by atoms with Crippen LogP contribution >= 0.6 is 11.3 Å². The maximum absolute atomic E-state index is 12.6. The molecule has 0 bridgehead atoms. The number of anilines is 1. The number of nitrogens with one attached hydrogen (secondary N) is 2. The third kappa shape index (κ3) is 5.41. The Labute approximate surface area is 171 Å². The molecule has 1 heterocycles. The van der Waals surface area contributed by atoms with Gasteiger partial charge in [-0.3, -0.25) is 9.59 Å². The number of aromatic nitrogens is 1. The number of rotatable bonds is 7. The van der Waals surface area contributed by atoms with E-state index in [1.807, 2.05) is 31.2 Å². The molecule has 1 saturated carbocycles. The van der Waals surface area contributed by atoms with Gasteiger partial charge in [0.1, 0.15) is 4.88 Å². The second kappa shape index (κ2) is 9.32. The molecule has 0 spiro atoms. The van der Waals surface area contributed by atoms with Gasteiger partial charge in [-0.05, 0) is 43.4 Å². The van der Waals surface area contributed by atoms with Crippen molar-refractivity contribution in [2.75, 3.05) is 5.32 Å². The van der Waals surface area contributed by atoms with Crippen LogP contribution in [0.15, 0.2) is 24.3 Å². The summed E-state index contributed by atoms with van der Waals surface area (Å²) >= 11 is 1.48. The average molecular weight is 400 g/mol. The van der Waals surface area contributed by atoms with Crippen LogP contribution in [0.1, 0.15) is 65.5 Å². The molecule has 150 valence electrons. The topological polar surface area (TPSA) is 71.1 Å². The number of benzene rings is 1. The Kier molecular flexibility index (Phi) is 6.83. The van der Waals surface area contributed by atoms with Crippen LogP contribution in [0.3, 0.4) is 0 Å². The van der Waals surface area contributed by atoms with E-state index in [2.05, 4.69) is 29.5 Å².